The van der Waals surface area contributed by atoms with E-state index < -0.39 is 0 Å². The molecule has 2 nitrogen and oxygen atoms in total. The largest absolute Gasteiger partial charge is 0.361 e. The van der Waals surface area contributed by atoms with Crippen LogP contribution in [0.15, 0.2) is 24.4 Å². The van der Waals surface area contributed by atoms with Gasteiger partial charge in [0.25, 0.3) is 0 Å². The average molecular weight is 166 g/mol. The molecule has 0 amide bonds. The maximum atomic E-state index is 2.41. The van der Waals surface area contributed by atoms with E-state index in [2.05, 4.69) is 48.1 Å². The van der Waals surface area contributed by atoms with Crippen LogP contribution in [-0.4, -0.2) is 36.1 Å². The van der Waals surface area contributed by atoms with Crippen molar-refractivity contribution < 1.29 is 0 Å². The quantitative estimate of drug-likeness (QED) is 0.627. The zero-order valence-electron chi connectivity index (χ0n) is 8.03. The molecule has 0 saturated heterocycles. The number of hydrogen-bond donors (Lipinski definition) is 0. The van der Waals surface area contributed by atoms with Crippen molar-refractivity contribution >= 4 is 0 Å². The summed E-state index contributed by atoms with van der Waals surface area (Å²) in [5.74, 6) is 0. The molecule has 0 aromatic rings. The highest BCUT2D eigenvalue weighted by molar-refractivity contribution is 5.08. The predicted octanol–water partition coefficient (Wildman–Crippen LogP) is 1.67. The second kappa shape index (κ2) is 4.99. The SMILES string of the molecule is CCN(CC)CN1C=CC=CC1. The number of allylic oxidation sites excluding steroid dienone is 2. The third kappa shape index (κ3) is 2.70. The van der Waals surface area contributed by atoms with Crippen LogP contribution in [0.2, 0.25) is 0 Å². The van der Waals surface area contributed by atoms with Crippen molar-refractivity contribution in [2.45, 2.75) is 13.8 Å². The Balaban J connectivity index is 2.30. The molecule has 0 saturated carbocycles. The summed E-state index contributed by atoms with van der Waals surface area (Å²) in [4.78, 5) is 4.72. The Bertz CT molecular complexity index is 169. The lowest BCUT2D eigenvalue weighted by atomic mass is 10.3. The van der Waals surface area contributed by atoms with Crippen LogP contribution >= 0.6 is 0 Å². The maximum Gasteiger partial charge on any atom is 0.0704 e. The molecule has 12 heavy (non-hydrogen) atoms. The zero-order valence-corrected chi connectivity index (χ0v) is 8.03. The molecule has 0 aromatic heterocycles. The maximum absolute atomic E-state index is 2.41. The third-order valence-electron chi connectivity index (χ3n) is 2.16. The molecule has 0 atom stereocenters. The molecule has 0 radical (unpaired) electrons. The van der Waals surface area contributed by atoms with Gasteiger partial charge in [-0.25, -0.2) is 0 Å². The highest BCUT2D eigenvalue weighted by Gasteiger charge is 2.03. The standard InChI is InChI=1S/C10H18N2/c1-3-11(4-2)10-12-8-6-5-7-9-12/h5-8H,3-4,9-10H2,1-2H3. The molecule has 2 heteroatoms. The van der Waals surface area contributed by atoms with Gasteiger partial charge in [0, 0.05) is 12.7 Å². The first kappa shape index (κ1) is 9.33. The minimum atomic E-state index is 1.05. The Labute approximate surface area is 75.2 Å². The highest BCUT2D eigenvalue weighted by atomic mass is 15.3. The van der Waals surface area contributed by atoms with Crippen LogP contribution in [0.25, 0.3) is 0 Å². The monoisotopic (exact) mass is 166 g/mol. The van der Waals surface area contributed by atoms with Crippen LogP contribution in [0.1, 0.15) is 13.8 Å². The fraction of sp³-hybridized carbons (Fsp3) is 0.600. The molecule has 0 aliphatic carbocycles. The minimum absolute atomic E-state index is 1.05. The van der Waals surface area contributed by atoms with Crippen molar-refractivity contribution in [1.29, 1.82) is 0 Å². The van der Waals surface area contributed by atoms with Gasteiger partial charge in [-0.15, -0.1) is 0 Å². The fourth-order valence-corrected chi connectivity index (χ4v) is 1.29. The Morgan fingerprint density at radius 1 is 1.25 bits per heavy atom. The molecule has 0 bridgehead atoms. The summed E-state index contributed by atoms with van der Waals surface area (Å²) < 4.78 is 0. The second-order valence-electron chi connectivity index (χ2n) is 2.99. The van der Waals surface area contributed by atoms with Crippen LogP contribution in [0.4, 0.5) is 0 Å². The molecule has 0 N–H and O–H groups in total. The summed E-state index contributed by atoms with van der Waals surface area (Å²) in [7, 11) is 0. The van der Waals surface area contributed by atoms with Gasteiger partial charge in [0.05, 0.1) is 6.67 Å². The minimum Gasteiger partial charge on any atom is -0.361 e. The Kier molecular flexibility index (Phi) is 3.88. The summed E-state index contributed by atoms with van der Waals surface area (Å²) in [5.41, 5.74) is 0. The van der Waals surface area contributed by atoms with Crippen molar-refractivity contribution in [1.82, 2.24) is 9.80 Å². The molecule has 1 aliphatic rings. The van der Waals surface area contributed by atoms with Crippen molar-refractivity contribution in [2.24, 2.45) is 0 Å². The number of hydrogen-bond acceptors (Lipinski definition) is 2. The van der Waals surface area contributed by atoms with Gasteiger partial charge >= 0.3 is 0 Å². The van der Waals surface area contributed by atoms with Gasteiger partial charge in [0.1, 0.15) is 0 Å². The van der Waals surface area contributed by atoms with Gasteiger partial charge in [0.15, 0.2) is 0 Å². The van der Waals surface area contributed by atoms with Gasteiger partial charge in [-0.05, 0) is 19.2 Å². The van der Waals surface area contributed by atoms with E-state index in [1.54, 1.807) is 0 Å². The van der Waals surface area contributed by atoms with Crippen molar-refractivity contribution in [3.8, 4) is 0 Å². The fourth-order valence-electron chi connectivity index (χ4n) is 1.29. The predicted molar refractivity (Wildman–Crippen MR) is 52.8 cm³/mol. The summed E-state index contributed by atoms with van der Waals surface area (Å²) >= 11 is 0. The van der Waals surface area contributed by atoms with Crippen molar-refractivity contribution in [2.75, 3.05) is 26.3 Å². The van der Waals surface area contributed by atoms with Crippen molar-refractivity contribution in [3.63, 3.8) is 0 Å². The summed E-state index contributed by atoms with van der Waals surface area (Å²) in [5, 5.41) is 0. The molecule has 1 rings (SSSR count). The molecule has 68 valence electrons. The van der Waals surface area contributed by atoms with E-state index >= 15 is 0 Å². The summed E-state index contributed by atoms with van der Waals surface area (Å²) in [6, 6.07) is 0. The van der Waals surface area contributed by atoms with Gasteiger partial charge in [0.2, 0.25) is 0 Å². The molecule has 0 aromatic carbocycles. The lowest BCUT2D eigenvalue weighted by Crippen LogP contribution is -2.35. The normalized spacial score (nSPS) is 16.1. The van der Waals surface area contributed by atoms with E-state index in [9.17, 15) is 0 Å². The Morgan fingerprint density at radius 2 is 2.00 bits per heavy atom. The number of nitrogens with zero attached hydrogens (tertiary/aromatic N) is 2. The van der Waals surface area contributed by atoms with Crippen LogP contribution in [-0.2, 0) is 0 Å². The van der Waals surface area contributed by atoms with E-state index in [1.807, 2.05) is 0 Å². The molecule has 1 aliphatic heterocycles. The molecule has 1 heterocycles. The van der Waals surface area contributed by atoms with Gasteiger partial charge in [-0.2, -0.15) is 0 Å². The summed E-state index contributed by atoms with van der Waals surface area (Å²) in [6.45, 7) is 8.76. The van der Waals surface area contributed by atoms with Crippen LogP contribution in [0.3, 0.4) is 0 Å². The van der Waals surface area contributed by atoms with Gasteiger partial charge < -0.3 is 4.90 Å². The lowest BCUT2D eigenvalue weighted by molar-refractivity contribution is 0.195. The van der Waals surface area contributed by atoms with Crippen molar-refractivity contribution in [3.05, 3.63) is 24.4 Å². The van der Waals surface area contributed by atoms with E-state index in [-0.39, 0.29) is 0 Å². The molecular formula is C10H18N2. The second-order valence-corrected chi connectivity index (χ2v) is 2.99. The van der Waals surface area contributed by atoms with E-state index in [0.29, 0.717) is 0 Å². The molecule has 0 unspecified atom stereocenters. The smallest absolute Gasteiger partial charge is 0.0704 e. The first-order chi connectivity index (χ1) is 5.86. The van der Waals surface area contributed by atoms with E-state index in [1.165, 1.54) is 0 Å². The van der Waals surface area contributed by atoms with E-state index in [0.717, 1.165) is 26.3 Å². The molecule has 0 spiro atoms. The zero-order chi connectivity index (χ0) is 8.81. The number of rotatable bonds is 4. The molecular weight excluding hydrogens is 148 g/mol. The lowest BCUT2D eigenvalue weighted by Gasteiger charge is -2.27. The molecule has 0 fully saturated rings. The van der Waals surface area contributed by atoms with Gasteiger partial charge in [-0.3, -0.25) is 4.90 Å². The third-order valence-corrected chi connectivity index (χ3v) is 2.16. The average Bonchev–Trinajstić information content (AvgIpc) is 2.16. The van der Waals surface area contributed by atoms with Gasteiger partial charge in [-0.1, -0.05) is 26.0 Å². The van der Waals surface area contributed by atoms with Crippen LogP contribution in [0.5, 0.6) is 0 Å². The highest BCUT2D eigenvalue weighted by Crippen LogP contribution is 2.00. The van der Waals surface area contributed by atoms with Crippen LogP contribution in [0, 0.1) is 0 Å². The first-order valence-electron chi connectivity index (χ1n) is 4.66. The van der Waals surface area contributed by atoms with E-state index in [4.69, 9.17) is 0 Å². The van der Waals surface area contributed by atoms with Crippen LogP contribution < -0.4 is 0 Å². The first-order valence-corrected chi connectivity index (χ1v) is 4.66. The summed E-state index contributed by atoms with van der Waals surface area (Å²) in [6.07, 6.45) is 8.52. The Morgan fingerprint density at radius 3 is 2.50 bits per heavy atom. The topological polar surface area (TPSA) is 6.48 Å². The Hall–Kier alpha value is -0.760.